The van der Waals surface area contributed by atoms with Crippen molar-refractivity contribution >= 4 is 22.2 Å². The molecule has 0 unspecified atom stereocenters. The Hall–Kier alpha value is -1.23. The smallest absolute Gasteiger partial charge is 0.121 e. The maximum atomic E-state index is 11.3. The predicted octanol–water partition coefficient (Wildman–Crippen LogP) is 0.846. The second-order valence-corrected chi connectivity index (χ2v) is 5.46. The summed E-state index contributed by atoms with van der Waals surface area (Å²) in [4.78, 5) is 2.17. The van der Waals surface area contributed by atoms with E-state index in [4.69, 9.17) is 10.5 Å². The maximum absolute atomic E-state index is 11.3. The van der Waals surface area contributed by atoms with E-state index in [-0.39, 0.29) is 0 Å². The van der Waals surface area contributed by atoms with Gasteiger partial charge in [0, 0.05) is 41.5 Å². The number of nitrogens with zero attached hydrogens (tertiary/aromatic N) is 1. The first-order chi connectivity index (χ1) is 7.70. The summed E-state index contributed by atoms with van der Waals surface area (Å²) < 4.78 is 16.5. The van der Waals surface area contributed by atoms with Crippen LogP contribution in [0.5, 0.6) is 5.75 Å². The first-order valence-electron chi connectivity index (χ1n) is 5.24. The molecule has 5 heteroatoms. The summed E-state index contributed by atoms with van der Waals surface area (Å²) in [5.41, 5.74) is 7.66. The van der Waals surface area contributed by atoms with Crippen LogP contribution < -0.4 is 15.4 Å². The van der Waals surface area contributed by atoms with Crippen molar-refractivity contribution < 1.29 is 8.95 Å². The molecule has 1 aromatic carbocycles. The fraction of sp³-hybridized carbons (Fsp3) is 0.455. The standard InChI is InChI=1S/C11H16N2O2S/c1-15-9-2-3-10(12)11(8-9)13-4-6-16(14)7-5-13/h2-3,8H,4-7,12H2,1H3. The third-order valence-electron chi connectivity index (χ3n) is 2.76. The molecule has 0 aromatic heterocycles. The van der Waals surface area contributed by atoms with Crippen molar-refractivity contribution in [3.05, 3.63) is 18.2 Å². The third kappa shape index (κ3) is 2.29. The minimum atomic E-state index is -0.662. The molecule has 0 spiro atoms. The molecule has 16 heavy (non-hydrogen) atoms. The number of methoxy groups -OCH3 is 1. The Morgan fingerprint density at radius 1 is 1.38 bits per heavy atom. The zero-order valence-corrected chi connectivity index (χ0v) is 10.1. The van der Waals surface area contributed by atoms with Crippen LogP contribution in [0.3, 0.4) is 0 Å². The van der Waals surface area contributed by atoms with Gasteiger partial charge in [0.1, 0.15) is 5.75 Å². The molecule has 2 N–H and O–H groups in total. The van der Waals surface area contributed by atoms with Crippen molar-refractivity contribution in [1.29, 1.82) is 0 Å². The first-order valence-corrected chi connectivity index (χ1v) is 6.73. The van der Waals surface area contributed by atoms with Crippen LogP contribution in [0.4, 0.5) is 11.4 Å². The van der Waals surface area contributed by atoms with Gasteiger partial charge in [-0.25, -0.2) is 0 Å². The summed E-state index contributed by atoms with van der Waals surface area (Å²) in [6, 6.07) is 5.63. The average molecular weight is 240 g/mol. The molecule has 2 rings (SSSR count). The van der Waals surface area contributed by atoms with Gasteiger partial charge in [-0.15, -0.1) is 0 Å². The van der Waals surface area contributed by atoms with E-state index in [0.717, 1.165) is 41.7 Å². The Morgan fingerprint density at radius 2 is 2.06 bits per heavy atom. The van der Waals surface area contributed by atoms with Crippen LogP contribution in [-0.2, 0) is 10.8 Å². The predicted molar refractivity (Wildman–Crippen MR) is 67.5 cm³/mol. The van der Waals surface area contributed by atoms with Gasteiger partial charge in [0.25, 0.3) is 0 Å². The second kappa shape index (κ2) is 4.74. The van der Waals surface area contributed by atoms with E-state index in [2.05, 4.69) is 4.90 Å². The van der Waals surface area contributed by atoms with E-state index in [0.29, 0.717) is 0 Å². The highest BCUT2D eigenvalue weighted by molar-refractivity contribution is 7.85. The molecule has 0 bridgehead atoms. The normalized spacial score (nSPS) is 17.4. The van der Waals surface area contributed by atoms with Gasteiger partial charge in [-0.3, -0.25) is 4.21 Å². The molecular formula is C11H16N2O2S. The van der Waals surface area contributed by atoms with Gasteiger partial charge in [0.2, 0.25) is 0 Å². The molecule has 1 fully saturated rings. The zero-order chi connectivity index (χ0) is 11.5. The Morgan fingerprint density at radius 3 is 2.69 bits per heavy atom. The van der Waals surface area contributed by atoms with Crippen LogP contribution in [-0.4, -0.2) is 35.9 Å². The lowest BCUT2D eigenvalue weighted by Gasteiger charge is -2.29. The van der Waals surface area contributed by atoms with Gasteiger partial charge in [-0.2, -0.15) is 0 Å². The molecule has 0 saturated carbocycles. The topological polar surface area (TPSA) is 55.6 Å². The van der Waals surface area contributed by atoms with Crippen LogP contribution in [0.25, 0.3) is 0 Å². The van der Waals surface area contributed by atoms with Gasteiger partial charge in [0.15, 0.2) is 0 Å². The molecule has 0 aliphatic carbocycles. The molecular weight excluding hydrogens is 224 g/mol. The van der Waals surface area contributed by atoms with Gasteiger partial charge in [-0.1, -0.05) is 0 Å². The van der Waals surface area contributed by atoms with Crippen molar-refractivity contribution in [3.63, 3.8) is 0 Å². The molecule has 1 aromatic rings. The van der Waals surface area contributed by atoms with Crippen molar-refractivity contribution in [2.24, 2.45) is 0 Å². The molecule has 1 aliphatic rings. The number of benzene rings is 1. The quantitative estimate of drug-likeness (QED) is 0.779. The van der Waals surface area contributed by atoms with E-state index in [1.807, 2.05) is 18.2 Å². The lowest BCUT2D eigenvalue weighted by atomic mass is 10.2. The summed E-state index contributed by atoms with van der Waals surface area (Å²) >= 11 is 0. The molecule has 88 valence electrons. The second-order valence-electron chi connectivity index (χ2n) is 3.76. The number of hydrogen-bond donors (Lipinski definition) is 1. The molecule has 1 aliphatic heterocycles. The van der Waals surface area contributed by atoms with Gasteiger partial charge in [-0.05, 0) is 12.1 Å². The SMILES string of the molecule is COc1ccc(N)c(N2CCS(=O)CC2)c1. The van der Waals surface area contributed by atoms with Gasteiger partial charge < -0.3 is 15.4 Å². The fourth-order valence-electron chi connectivity index (χ4n) is 1.80. The Kier molecular flexibility index (Phi) is 3.33. The van der Waals surface area contributed by atoms with Crippen LogP contribution in [0, 0.1) is 0 Å². The summed E-state index contributed by atoms with van der Waals surface area (Å²) in [5, 5.41) is 0. The zero-order valence-electron chi connectivity index (χ0n) is 9.31. The van der Waals surface area contributed by atoms with Crippen LogP contribution >= 0.6 is 0 Å². The summed E-state index contributed by atoms with van der Waals surface area (Å²) in [6.07, 6.45) is 0. The molecule has 0 amide bonds. The highest BCUT2D eigenvalue weighted by atomic mass is 32.2. The summed E-state index contributed by atoms with van der Waals surface area (Å²) in [6.45, 7) is 1.59. The highest BCUT2D eigenvalue weighted by Crippen LogP contribution is 2.28. The fourth-order valence-corrected chi connectivity index (χ4v) is 2.86. The van der Waals surface area contributed by atoms with E-state index in [1.54, 1.807) is 7.11 Å². The third-order valence-corrected chi connectivity index (χ3v) is 4.03. The monoisotopic (exact) mass is 240 g/mol. The van der Waals surface area contributed by atoms with E-state index in [9.17, 15) is 4.21 Å². The maximum Gasteiger partial charge on any atom is 0.121 e. The van der Waals surface area contributed by atoms with Crippen molar-refractivity contribution in [2.45, 2.75) is 0 Å². The van der Waals surface area contributed by atoms with E-state index < -0.39 is 10.8 Å². The number of ether oxygens (including phenoxy) is 1. The summed E-state index contributed by atoms with van der Waals surface area (Å²) in [7, 11) is 0.977. The molecule has 4 nitrogen and oxygen atoms in total. The van der Waals surface area contributed by atoms with Crippen LogP contribution in [0.1, 0.15) is 0 Å². The van der Waals surface area contributed by atoms with Gasteiger partial charge >= 0.3 is 0 Å². The lowest BCUT2D eigenvalue weighted by molar-refractivity contribution is 0.415. The minimum Gasteiger partial charge on any atom is -0.497 e. The van der Waals surface area contributed by atoms with E-state index in [1.165, 1.54) is 0 Å². The van der Waals surface area contributed by atoms with Crippen LogP contribution in [0.2, 0.25) is 0 Å². The van der Waals surface area contributed by atoms with Crippen molar-refractivity contribution in [3.8, 4) is 5.75 Å². The average Bonchev–Trinajstić information content (AvgIpc) is 2.31. The molecule has 0 radical (unpaired) electrons. The van der Waals surface area contributed by atoms with Crippen molar-refractivity contribution in [2.75, 3.05) is 42.3 Å². The van der Waals surface area contributed by atoms with Crippen molar-refractivity contribution in [1.82, 2.24) is 0 Å². The number of nitrogen functional groups attached to an aromatic ring is 1. The Bertz CT molecular complexity index is 399. The van der Waals surface area contributed by atoms with Crippen LogP contribution in [0.15, 0.2) is 18.2 Å². The Balaban J connectivity index is 2.22. The lowest BCUT2D eigenvalue weighted by Crippen LogP contribution is -2.38. The molecule has 1 saturated heterocycles. The number of anilines is 2. The van der Waals surface area contributed by atoms with Gasteiger partial charge in [0.05, 0.1) is 18.5 Å². The number of hydrogen-bond acceptors (Lipinski definition) is 4. The highest BCUT2D eigenvalue weighted by Gasteiger charge is 2.17. The summed E-state index contributed by atoms with van der Waals surface area (Å²) in [5.74, 6) is 2.24. The Labute approximate surface area is 97.8 Å². The number of nitrogens with two attached hydrogens (primary N) is 1. The minimum absolute atomic E-state index is 0.662. The first kappa shape index (κ1) is 11.3. The molecule has 0 atom stereocenters. The largest absolute Gasteiger partial charge is 0.497 e. The van der Waals surface area contributed by atoms with E-state index >= 15 is 0 Å². The molecule has 1 heterocycles. The number of rotatable bonds is 2.